The van der Waals surface area contributed by atoms with Crippen LogP contribution in [0, 0.1) is 5.82 Å². The summed E-state index contributed by atoms with van der Waals surface area (Å²) < 4.78 is 18.8. The van der Waals surface area contributed by atoms with E-state index in [-0.39, 0.29) is 5.82 Å². The predicted octanol–water partition coefficient (Wildman–Crippen LogP) is 4.04. The van der Waals surface area contributed by atoms with Gasteiger partial charge in [0.15, 0.2) is 5.76 Å². The third-order valence-electron chi connectivity index (χ3n) is 4.25. The summed E-state index contributed by atoms with van der Waals surface area (Å²) in [4.78, 5) is 6.70. The molecule has 4 heteroatoms. The molecule has 0 saturated carbocycles. The van der Waals surface area contributed by atoms with Gasteiger partial charge in [-0.2, -0.15) is 0 Å². The zero-order valence-corrected chi connectivity index (χ0v) is 12.7. The van der Waals surface area contributed by atoms with Gasteiger partial charge in [-0.05, 0) is 41.8 Å². The van der Waals surface area contributed by atoms with Crippen LogP contribution in [-0.2, 0) is 19.5 Å². The molecule has 3 aromatic rings. The van der Waals surface area contributed by atoms with E-state index in [9.17, 15) is 4.39 Å². The number of nitrogens with zero attached hydrogens (tertiary/aromatic N) is 2. The lowest BCUT2D eigenvalue weighted by atomic mass is 10.00. The maximum absolute atomic E-state index is 13.0. The minimum atomic E-state index is -0.250. The summed E-state index contributed by atoms with van der Waals surface area (Å²) in [6.07, 6.45) is 2.77. The summed E-state index contributed by atoms with van der Waals surface area (Å²) in [6.45, 7) is 2.62. The number of fused-ring (bicyclic) bond motifs is 1. The van der Waals surface area contributed by atoms with E-state index in [4.69, 9.17) is 4.42 Å². The molecule has 2 heterocycles. The molecule has 0 saturated heterocycles. The quantitative estimate of drug-likeness (QED) is 0.731. The maximum atomic E-state index is 13.0. The molecular weight excluding hydrogens is 291 g/mol. The Balaban J connectivity index is 1.47. The number of hydrogen-bond acceptors (Lipinski definition) is 3. The summed E-state index contributed by atoms with van der Waals surface area (Å²) >= 11 is 0. The first kappa shape index (κ1) is 14.2. The van der Waals surface area contributed by atoms with Gasteiger partial charge in [-0.15, -0.1) is 0 Å². The molecule has 0 fully saturated rings. The number of halogens is 1. The minimum Gasteiger partial charge on any atom is -0.439 e. The maximum Gasteiger partial charge on any atom is 0.209 e. The fraction of sp³-hybridized carbons (Fsp3) is 0.211. The average molecular weight is 308 g/mol. The number of aromatic nitrogens is 1. The van der Waals surface area contributed by atoms with E-state index in [0.717, 1.165) is 25.1 Å². The second-order valence-corrected chi connectivity index (χ2v) is 5.85. The molecule has 0 aliphatic carbocycles. The second-order valence-electron chi connectivity index (χ2n) is 5.85. The molecule has 0 atom stereocenters. The van der Waals surface area contributed by atoms with Crippen LogP contribution >= 0.6 is 0 Å². The number of oxazole rings is 1. The van der Waals surface area contributed by atoms with E-state index in [1.165, 1.54) is 23.3 Å². The van der Waals surface area contributed by atoms with Crippen LogP contribution < -0.4 is 0 Å². The Morgan fingerprint density at radius 2 is 1.83 bits per heavy atom. The average Bonchev–Trinajstić information content (AvgIpc) is 3.04. The second kappa shape index (κ2) is 5.97. The first-order valence-electron chi connectivity index (χ1n) is 7.78. The first-order valence-corrected chi connectivity index (χ1v) is 7.78. The van der Waals surface area contributed by atoms with Crippen molar-refractivity contribution < 1.29 is 8.81 Å². The van der Waals surface area contributed by atoms with Gasteiger partial charge in [0, 0.05) is 18.7 Å². The molecule has 0 amide bonds. The molecule has 0 radical (unpaired) electrons. The molecule has 2 aromatic carbocycles. The van der Waals surface area contributed by atoms with E-state index in [1.54, 1.807) is 18.3 Å². The summed E-state index contributed by atoms with van der Waals surface area (Å²) in [6, 6.07) is 14.8. The Kier molecular flexibility index (Phi) is 3.67. The molecule has 0 bridgehead atoms. The molecule has 4 rings (SSSR count). The number of hydrogen-bond donors (Lipinski definition) is 0. The minimum absolute atomic E-state index is 0.250. The lowest BCUT2D eigenvalue weighted by molar-refractivity contribution is 0.222. The summed E-state index contributed by atoms with van der Waals surface area (Å²) in [5.74, 6) is 1.13. The van der Waals surface area contributed by atoms with Crippen molar-refractivity contribution in [1.82, 2.24) is 9.88 Å². The highest BCUT2D eigenvalue weighted by molar-refractivity contribution is 5.55. The fourth-order valence-electron chi connectivity index (χ4n) is 3.01. The molecule has 0 unspecified atom stereocenters. The Morgan fingerprint density at radius 1 is 1.04 bits per heavy atom. The Hall–Kier alpha value is -2.46. The molecule has 0 spiro atoms. The van der Waals surface area contributed by atoms with E-state index >= 15 is 0 Å². The molecule has 116 valence electrons. The molecule has 1 aromatic heterocycles. The van der Waals surface area contributed by atoms with Gasteiger partial charge < -0.3 is 4.42 Å². The van der Waals surface area contributed by atoms with Crippen LogP contribution in [0.3, 0.4) is 0 Å². The molecular formula is C19H17FN2O. The largest absolute Gasteiger partial charge is 0.439 e. The van der Waals surface area contributed by atoms with Crippen molar-refractivity contribution >= 4 is 0 Å². The lowest BCUT2D eigenvalue weighted by Gasteiger charge is -2.27. The molecule has 1 aliphatic heterocycles. The van der Waals surface area contributed by atoms with Gasteiger partial charge in [-0.3, -0.25) is 4.90 Å². The molecule has 1 aliphatic rings. The SMILES string of the molecule is Fc1ccc(-c2cnc(CN3CCc4ccccc4C3)o2)cc1. The van der Waals surface area contributed by atoms with Gasteiger partial charge in [-0.25, -0.2) is 9.37 Å². The summed E-state index contributed by atoms with van der Waals surface area (Å²) in [5.41, 5.74) is 3.65. The topological polar surface area (TPSA) is 29.3 Å². The summed E-state index contributed by atoms with van der Waals surface area (Å²) in [7, 11) is 0. The molecule has 3 nitrogen and oxygen atoms in total. The van der Waals surface area contributed by atoms with Crippen LogP contribution in [-0.4, -0.2) is 16.4 Å². The van der Waals surface area contributed by atoms with E-state index in [1.807, 2.05) is 0 Å². The lowest BCUT2D eigenvalue weighted by Crippen LogP contribution is -2.30. The molecule has 23 heavy (non-hydrogen) atoms. The Bertz CT molecular complexity index is 810. The zero-order chi connectivity index (χ0) is 15.6. The van der Waals surface area contributed by atoms with Crippen molar-refractivity contribution in [2.45, 2.75) is 19.5 Å². The first-order chi connectivity index (χ1) is 11.3. The van der Waals surface area contributed by atoms with Gasteiger partial charge in [0.25, 0.3) is 0 Å². The van der Waals surface area contributed by atoms with Crippen molar-refractivity contribution in [2.24, 2.45) is 0 Å². The zero-order valence-electron chi connectivity index (χ0n) is 12.7. The van der Waals surface area contributed by atoms with E-state index in [2.05, 4.69) is 34.1 Å². The highest BCUT2D eigenvalue weighted by atomic mass is 19.1. The van der Waals surface area contributed by atoms with Crippen molar-refractivity contribution in [3.05, 3.63) is 77.6 Å². The smallest absolute Gasteiger partial charge is 0.209 e. The van der Waals surface area contributed by atoms with Gasteiger partial charge >= 0.3 is 0 Å². The van der Waals surface area contributed by atoms with Crippen molar-refractivity contribution in [1.29, 1.82) is 0 Å². The predicted molar refractivity (Wildman–Crippen MR) is 86.2 cm³/mol. The molecule has 0 N–H and O–H groups in total. The standard InChI is InChI=1S/C19H17FN2O/c20-17-7-5-15(6-8-17)18-11-21-19(23-18)13-22-10-9-14-3-1-2-4-16(14)12-22/h1-8,11H,9-10,12-13H2. The van der Waals surface area contributed by atoms with Crippen LogP contribution in [0.2, 0.25) is 0 Å². The van der Waals surface area contributed by atoms with Crippen LogP contribution in [0.4, 0.5) is 4.39 Å². The van der Waals surface area contributed by atoms with Gasteiger partial charge in [-0.1, -0.05) is 24.3 Å². The third kappa shape index (κ3) is 3.03. The van der Waals surface area contributed by atoms with E-state index in [0.29, 0.717) is 18.2 Å². The van der Waals surface area contributed by atoms with Crippen molar-refractivity contribution in [3.63, 3.8) is 0 Å². The van der Waals surface area contributed by atoms with Crippen molar-refractivity contribution in [2.75, 3.05) is 6.54 Å². The number of benzene rings is 2. The highest BCUT2D eigenvalue weighted by Gasteiger charge is 2.18. The Morgan fingerprint density at radius 3 is 2.65 bits per heavy atom. The van der Waals surface area contributed by atoms with E-state index < -0.39 is 0 Å². The fourth-order valence-corrected chi connectivity index (χ4v) is 3.01. The van der Waals surface area contributed by atoms with Gasteiger partial charge in [0.2, 0.25) is 5.89 Å². The van der Waals surface area contributed by atoms with Crippen molar-refractivity contribution in [3.8, 4) is 11.3 Å². The van der Waals surface area contributed by atoms with Crippen LogP contribution in [0.5, 0.6) is 0 Å². The van der Waals surface area contributed by atoms with Crippen LogP contribution in [0.1, 0.15) is 17.0 Å². The van der Waals surface area contributed by atoms with Gasteiger partial charge in [0.05, 0.1) is 12.7 Å². The van der Waals surface area contributed by atoms with Crippen LogP contribution in [0.25, 0.3) is 11.3 Å². The number of rotatable bonds is 3. The van der Waals surface area contributed by atoms with Crippen LogP contribution in [0.15, 0.2) is 59.1 Å². The third-order valence-corrected chi connectivity index (χ3v) is 4.25. The summed E-state index contributed by atoms with van der Waals surface area (Å²) in [5, 5.41) is 0. The highest BCUT2D eigenvalue weighted by Crippen LogP contribution is 2.23. The normalized spacial score (nSPS) is 14.7. The Labute approximate surface area is 134 Å². The monoisotopic (exact) mass is 308 g/mol. The van der Waals surface area contributed by atoms with Gasteiger partial charge in [0.1, 0.15) is 5.82 Å².